The van der Waals surface area contributed by atoms with Gasteiger partial charge in [-0.15, -0.1) is 0 Å². The third-order valence-corrected chi connectivity index (χ3v) is 7.01. The summed E-state index contributed by atoms with van der Waals surface area (Å²) in [5, 5.41) is 4.83. The number of rotatable bonds is 7. The number of nitrogens with two attached hydrogens (primary N) is 1. The molecule has 0 aliphatic carbocycles. The first kappa shape index (κ1) is 17.1. The Hall–Kier alpha value is 0.0869. The molecule has 104 valence electrons. The normalized spacial score (nSPS) is 17.2. The third kappa shape index (κ3) is 7.18. The molecule has 0 aromatic heterocycles. The number of hydrogen-bond donors (Lipinski definition) is 1. The van der Waals surface area contributed by atoms with E-state index < -0.39 is 18.4 Å². The first-order chi connectivity index (χ1) is 7.45. The lowest BCUT2D eigenvalue weighted by Gasteiger charge is -2.36. The largest absolute Gasteiger partial charge is 0.333 e. The Bertz CT molecular complexity index is 322. The van der Waals surface area contributed by atoms with Crippen molar-refractivity contribution < 1.29 is 12.6 Å². The van der Waals surface area contributed by atoms with Gasteiger partial charge in [0.2, 0.25) is 0 Å². The maximum atomic E-state index is 10.7. The van der Waals surface area contributed by atoms with Crippen LogP contribution in [-0.4, -0.2) is 23.1 Å². The van der Waals surface area contributed by atoms with Gasteiger partial charge in [-0.25, -0.2) is 5.14 Å². The van der Waals surface area contributed by atoms with E-state index in [9.17, 15) is 8.42 Å². The van der Waals surface area contributed by atoms with E-state index >= 15 is 0 Å². The topological polar surface area (TPSA) is 69.4 Å². The van der Waals surface area contributed by atoms with E-state index in [1.165, 1.54) is 0 Å². The first-order valence-corrected chi connectivity index (χ1v) is 11.2. The second-order valence-electron chi connectivity index (χ2n) is 6.18. The summed E-state index contributed by atoms with van der Waals surface area (Å²) in [6.07, 6.45) is 0.769. The van der Waals surface area contributed by atoms with Crippen molar-refractivity contribution in [1.29, 1.82) is 0 Å². The highest BCUT2D eigenvalue weighted by atomic mass is 32.2. The van der Waals surface area contributed by atoms with Crippen LogP contribution in [0.15, 0.2) is 0 Å². The molecule has 2 unspecified atom stereocenters. The molecule has 0 aromatic carbocycles. The Kier molecular flexibility index (Phi) is 6.34. The zero-order chi connectivity index (χ0) is 13.9. The van der Waals surface area contributed by atoms with Crippen molar-refractivity contribution in [3.63, 3.8) is 0 Å². The zero-order valence-electron chi connectivity index (χ0n) is 11.9. The monoisotopic (exact) mass is 281 g/mol. The highest BCUT2D eigenvalue weighted by Crippen LogP contribution is 2.37. The molecule has 0 heterocycles. The summed E-state index contributed by atoms with van der Waals surface area (Å²) >= 11 is 0. The fourth-order valence-corrected chi connectivity index (χ4v) is 5.52. The Morgan fingerprint density at radius 2 is 1.65 bits per heavy atom. The van der Waals surface area contributed by atoms with Crippen LogP contribution in [0, 0.1) is 11.8 Å². The average molecular weight is 281 g/mol. The highest BCUT2D eigenvalue weighted by molar-refractivity contribution is 7.84. The summed E-state index contributed by atoms with van der Waals surface area (Å²) in [5.41, 5.74) is 0.546. The van der Waals surface area contributed by atoms with Gasteiger partial charge < -0.3 is 0 Å². The summed E-state index contributed by atoms with van der Waals surface area (Å²) in [4.78, 5) is 0. The Labute approximate surface area is 107 Å². The Morgan fingerprint density at radius 3 is 1.94 bits per heavy atom. The van der Waals surface area contributed by atoms with E-state index in [0.717, 1.165) is 6.42 Å². The van der Waals surface area contributed by atoms with Crippen LogP contribution in [0.2, 0.25) is 25.2 Å². The van der Waals surface area contributed by atoms with Crippen LogP contribution in [0.5, 0.6) is 0 Å². The molecule has 0 bridgehead atoms. The van der Waals surface area contributed by atoms with Crippen molar-refractivity contribution >= 4 is 18.4 Å². The molecule has 0 saturated carbocycles. The molecular weight excluding hydrogens is 254 g/mol. The summed E-state index contributed by atoms with van der Waals surface area (Å²) in [5.74, 6) is 1.17. The van der Waals surface area contributed by atoms with E-state index in [1.807, 2.05) is 0 Å². The predicted octanol–water partition coefficient (Wildman–Crippen LogP) is 2.60. The summed E-state index contributed by atoms with van der Waals surface area (Å²) in [6.45, 7) is 13.8. The molecule has 4 nitrogen and oxygen atoms in total. The molecule has 0 aromatic rings. The highest BCUT2D eigenvalue weighted by Gasteiger charge is 2.32. The van der Waals surface area contributed by atoms with E-state index in [2.05, 4.69) is 44.6 Å². The van der Waals surface area contributed by atoms with E-state index in [4.69, 9.17) is 5.14 Å². The SMILES string of the molecule is CC(C)C(C)C(CCOS(N)(=O)=O)[Si](C)(C)C. The lowest BCUT2D eigenvalue weighted by Crippen LogP contribution is -2.35. The van der Waals surface area contributed by atoms with Crippen LogP contribution in [0.25, 0.3) is 0 Å². The lowest BCUT2D eigenvalue weighted by atomic mass is 9.93. The molecule has 0 aliphatic heterocycles. The van der Waals surface area contributed by atoms with Crippen molar-refractivity contribution in [2.75, 3.05) is 6.61 Å². The lowest BCUT2D eigenvalue weighted by molar-refractivity contribution is 0.280. The minimum Gasteiger partial charge on any atom is -0.258 e. The minimum absolute atomic E-state index is 0.199. The average Bonchev–Trinajstić information content (AvgIpc) is 2.07. The zero-order valence-corrected chi connectivity index (χ0v) is 13.7. The maximum Gasteiger partial charge on any atom is 0.333 e. The van der Waals surface area contributed by atoms with Gasteiger partial charge in [0, 0.05) is 8.07 Å². The molecule has 2 atom stereocenters. The molecule has 0 fully saturated rings. The van der Waals surface area contributed by atoms with Gasteiger partial charge in [-0.1, -0.05) is 40.4 Å². The van der Waals surface area contributed by atoms with E-state index in [-0.39, 0.29) is 6.61 Å². The Morgan fingerprint density at radius 1 is 1.18 bits per heavy atom. The quantitative estimate of drug-likeness (QED) is 0.729. The molecule has 2 N–H and O–H groups in total. The van der Waals surface area contributed by atoms with Crippen molar-refractivity contribution in [2.24, 2.45) is 17.0 Å². The molecule has 6 heteroatoms. The second-order valence-corrected chi connectivity index (χ2v) is 12.9. The molecule has 0 spiro atoms. The Balaban J connectivity index is 4.53. The van der Waals surface area contributed by atoms with Crippen molar-refractivity contribution in [3.8, 4) is 0 Å². The fourth-order valence-electron chi connectivity index (χ4n) is 2.24. The molecular formula is C11H27NO3SSi. The van der Waals surface area contributed by atoms with Gasteiger partial charge in [-0.2, -0.15) is 8.42 Å². The van der Waals surface area contributed by atoms with Crippen LogP contribution in [0.1, 0.15) is 27.2 Å². The summed E-state index contributed by atoms with van der Waals surface area (Å²) in [7, 11) is -5.12. The van der Waals surface area contributed by atoms with E-state index in [0.29, 0.717) is 17.4 Å². The first-order valence-electron chi connectivity index (χ1n) is 6.12. The third-order valence-electron chi connectivity index (χ3n) is 3.48. The van der Waals surface area contributed by atoms with Crippen LogP contribution >= 0.6 is 0 Å². The van der Waals surface area contributed by atoms with Crippen LogP contribution in [0.4, 0.5) is 0 Å². The number of hydrogen-bond acceptors (Lipinski definition) is 3. The summed E-state index contributed by atoms with van der Waals surface area (Å²) < 4.78 is 26.1. The van der Waals surface area contributed by atoms with Gasteiger partial charge in [0.15, 0.2) is 0 Å². The van der Waals surface area contributed by atoms with Crippen LogP contribution in [-0.2, 0) is 14.5 Å². The van der Waals surface area contributed by atoms with Crippen LogP contribution < -0.4 is 5.14 Å². The maximum absolute atomic E-state index is 10.7. The van der Waals surface area contributed by atoms with Crippen molar-refractivity contribution in [1.82, 2.24) is 0 Å². The van der Waals surface area contributed by atoms with Gasteiger partial charge in [0.25, 0.3) is 0 Å². The fraction of sp³-hybridized carbons (Fsp3) is 1.00. The van der Waals surface area contributed by atoms with Gasteiger partial charge in [0.1, 0.15) is 0 Å². The molecule has 0 saturated heterocycles. The van der Waals surface area contributed by atoms with Crippen molar-refractivity contribution in [3.05, 3.63) is 0 Å². The predicted molar refractivity (Wildman–Crippen MR) is 74.8 cm³/mol. The van der Waals surface area contributed by atoms with Gasteiger partial charge in [0.05, 0.1) is 6.61 Å². The minimum atomic E-state index is -3.80. The smallest absolute Gasteiger partial charge is 0.258 e. The van der Waals surface area contributed by atoms with Gasteiger partial charge in [-0.05, 0) is 23.8 Å². The van der Waals surface area contributed by atoms with Gasteiger partial charge >= 0.3 is 10.3 Å². The van der Waals surface area contributed by atoms with Crippen LogP contribution in [0.3, 0.4) is 0 Å². The van der Waals surface area contributed by atoms with Crippen molar-refractivity contribution in [2.45, 2.75) is 52.4 Å². The molecule has 0 amide bonds. The standard InChI is InChI=1S/C11H27NO3SSi/c1-9(2)10(3)11(17(4,5)6)7-8-15-16(12,13)14/h9-11H,7-8H2,1-6H3,(H2,12,13,14). The molecule has 0 radical (unpaired) electrons. The molecule has 17 heavy (non-hydrogen) atoms. The van der Waals surface area contributed by atoms with E-state index in [1.54, 1.807) is 0 Å². The summed E-state index contributed by atoms with van der Waals surface area (Å²) in [6, 6.07) is 0. The second kappa shape index (κ2) is 6.31. The molecule has 0 rings (SSSR count). The molecule has 0 aliphatic rings. The van der Waals surface area contributed by atoms with Gasteiger partial charge in [-0.3, -0.25) is 4.18 Å².